The summed E-state index contributed by atoms with van der Waals surface area (Å²) in [4.78, 5) is 26.4. The van der Waals surface area contributed by atoms with E-state index in [1.807, 2.05) is 6.92 Å². The number of hydrogen-bond donors (Lipinski definition) is 1. The Hall–Kier alpha value is -0.350. The molecule has 2 saturated heterocycles. The number of allylic oxidation sites excluding steroid dienone is 1. The Balaban J connectivity index is 0.00000289. The van der Waals surface area contributed by atoms with Crippen LogP contribution in [0.15, 0.2) is 27.9 Å². The lowest BCUT2D eigenvalue weighted by Crippen LogP contribution is -2.39. The fourth-order valence-electron chi connectivity index (χ4n) is 4.74. The third-order valence-corrected chi connectivity index (χ3v) is 12.5. The lowest BCUT2D eigenvalue weighted by Gasteiger charge is -2.37. The van der Waals surface area contributed by atoms with E-state index in [-0.39, 0.29) is 42.1 Å². The van der Waals surface area contributed by atoms with Crippen molar-refractivity contribution in [3.05, 3.63) is 44.8 Å². The molecule has 11 heteroatoms. The Kier molecular flexibility index (Phi) is 7.98. The summed E-state index contributed by atoms with van der Waals surface area (Å²) in [5, 5.41) is 0. The molecule has 0 bridgehead atoms. The first kappa shape index (κ1) is 26.3. The molecule has 3 heterocycles. The number of H-pyrrole nitrogens is 1. The van der Waals surface area contributed by atoms with E-state index in [0.717, 1.165) is 25.7 Å². The van der Waals surface area contributed by atoms with Crippen molar-refractivity contribution in [3.63, 3.8) is 0 Å². The fourth-order valence-corrected chi connectivity index (χ4v) is 12.4. The zero-order chi connectivity index (χ0) is 22.6. The molecule has 1 aromatic rings. The first-order valence-electron chi connectivity index (χ1n) is 10.8. The molecule has 7 atom stereocenters. The number of fused-ring (bicyclic) bond motifs is 1. The summed E-state index contributed by atoms with van der Waals surface area (Å²) in [5.74, 6) is 0.471. The molecule has 7 nitrogen and oxygen atoms in total. The van der Waals surface area contributed by atoms with Gasteiger partial charge >= 0.3 is 5.69 Å². The van der Waals surface area contributed by atoms with Crippen molar-refractivity contribution in [2.45, 2.75) is 89.1 Å². The molecular formula is C21H33N2O5PS3. The lowest BCUT2D eigenvalue weighted by molar-refractivity contribution is -0.0188. The molecule has 1 N–H and O–H groups in total. The average Bonchev–Trinajstić information content (AvgIpc) is 3.20. The largest absolute Gasteiger partial charge is 0.352 e. The van der Waals surface area contributed by atoms with Crippen LogP contribution in [0, 0.1) is 12.8 Å². The molecular weight excluding hydrogens is 487 g/mol. The van der Waals surface area contributed by atoms with Gasteiger partial charge in [0.25, 0.3) is 5.56 Å². The number of ether oxygens (including phenoxy) is 1. The highest BCUT2D eigenvalue weighted by molar-refractivity contribution is 8.68. The van der Waals surface area contributed by atoms with E-state index in [9.17, 15) is 9.59 Å². The Bertz CT molecular complexity index is 1040. The summed E-state index contributed by atoms with van der Waals surface area (Å²) < 4.78 is 20.5. The molecule has 2 aliphatic heterocycles. The van der Waals surface area contributed by atoms with Gasteiger partial charge in [0.05, 0.1) is 18.3 Å². The quantitative estimate of drug-likeness (QED) is 0.451. The van der Waals surface area contributed by atoms with Gasteiger partial charge in [-0.15, -0.1) is 0 Å². The molecule has 4 rings (SSSR count). The molecule has 32 heavy (non-hydrogen) atoms. The summed E-state index contributed by atoms with van der Waals surface area (Å²) in [5.41, 5.74) is -1.74. The van der Waals surface area contributed by atoms with E-state index in [2.05, 4.69) is 25.4 Å². The van der Waals surface area contributed by atoms with E-state index >= 15 is 0 Å². The second-order valence-corrected chi connectivity index (χ2v) is 15.7. The molecule has 0 radical (unpaired) electrons. The summed E-state index contributed by atoms with van der Waals surface area (Å²) in [6.45, 7) is 12.2. The van der Waals surface area contributed by atoms with Gasteiger partial charge in [-0.05, 0) is 64.2 Å². The van der Waals surface area contributed by atoms with Gasteiger partial charge in [0, 0.05) is 22.9 Å². The minimum Gasteiger partial charge on any atom is -0.352 e. The molecule has 0 unspecified atom stereocenters. The molecule has 3 aliphatic rings. The summed E-state index contributed by atoms with van der Waals surface area (Å²) in [6, 6.07) is 0. The summed E-state index contributed by atoms with van der Waals surface area (Å²) in [6.07, 6.45) is 4.97. The third kappa shape index (κ3) is 5.02. The Morgan fingerprint density at radius 2 is 2.19 bits per heavy atom. The van der Waals surface area contributed by atoms with Crippen molar-refractivity contribution in [1.29, 1.82) is 0 Å². The number of rotatable bonds is 5. The van der Waals surface area contributed by atoms with Crippen LogP contribution in [0.1, 0.15) is 64.7 Å². The zero-order valence-corrected chi connectivity index (χ0v) is 22.5. The number of hydrogen-bond acceptors (Lipinski definition) is 7. The molecule has 1 saturated carbocycles. The van der Waals surface area contributed by atoms with Crippen LogP contribution in [0.5, 0.6) is 0 Å². The number of aryl methyl sites for hydroxylation is 1. The highest BCUT2D eigenvalue weighted by Crippen LogP contribution is 2.76. The summed E-state index contributed by atoms with van der Waals surface area (Å²) in [7, 11) is 0. The number of aromatic amines is 1. The highest BCUT2D eigenvalue weighted by Gasteiger charge is 2.54. The molecule has 0 spiro atoms. The van der Waals surface area contributed by atoms with E-state index in [1.54, 1.807) is 24.5 Å². The average molecular weight is 521 g/mol. The normalized spacial score (nSPS) is 38.8. The first-order chi connectivity index (χ1) is 14.5. The first-order valence-corrected chi connectivity index (χ1v) is 14.9. The van der Waals surface area contributed by atoms with Crippen LogP contribution in [0.3, 0.4) is 0 Å². The van der Waals surface area contributed by atoms with Gasteiger partial charge in [-0.3, -0.25) is 14.3 Å². The Labute approximate surface area is 205 Å². The smallest absolute Gasteiger partial charge is 0.330 e. The van der Waals surface area contributed by atoms with Gasteiger partial charge in [0.15, 0.2) is 0 Å². The van der Waals surface area contributed by atoms with Crippen molar-refractivity contribution in [2.24, 2.45) is 5.92 Å². The predicted molar refractivity (Wildman–Crippen MR) is 137 cm³/mol. The van der Waals surface area contributed by atoms with Crippen molar-refractivity contribution in [1.82, 2.24) is 9.55 Å². The van der Waals surface area contributed by atoms with E-state index in [4.69, 9.17) is 25.6 Å². The van der Waals surface area contributed by atoms with Crippen LogP contribution in [0.4, 0.5) is 0 Å². The predicted octanol–water partition coefficient (Wildman–Crippen LogP) is 4.53. The number of nitrogens with one attached hydrogen (secondary N) is 1. The van der Waals surface area contributed by atoms with Crippen LogP contribution in [-0.2, 0) is 25.6 Å². The Morgan fingerprint density at radius 3 is 2.84 bits per heavy atom. The van der Waals surface area contributed by atoms with Crippen LogP contribution >= 0.6 is 30.6 Å². The molecule has 180 valence electrons. The number of aromatic nitrogens is 2. The molecule has 1 aliphatic carbocycles. The minimum atomic E-state index is -2.55. The molecule has 1 aromatic heterocycles. The second-order valence-electron chi connectivity index (χ2n) is 9.16. The van der Waals surface area contributed by atoms with Crippen molar-refractivity contribution >= 4 is 42.4 Å². The van der Waals surface area contributed by atoms with E-state index in [1.165, 1.54) is 10.1 Å². The molecule has 3 fully saturated rings. The lowest BCUT2D eigenvalue weighted by atomic mass is 9.77. The van der Waals surface area contributed by atoms with Crippen molar-refractivity contribution in [3.8, 4) is 0 Å². The topological polar surface area (TPSA) is 82.6 Å². The van der Waals surface area contributed by atoms with Gasteiger partial charge in [-0.25, -0.2) is 4.79 Å². The van der Waals surface area contributed by atoms with Gasteiger partial charge < -0.3 is 13.8 Å². The zero-order valence-electron chi connectivity index (χ0n) is 19.0. The monoisotopic (exact) mass is 520 g/mol. The van der Waals surface area contributed by atoms with Gasteiger partial charge in [0.1, 0.15) is 6.23 Å². The standard InChI is InChI=1S/C21H31N2O5PS2.H2S/c1-6-15-16(10-18(26-15)23-11-13(4)19(24)22-20(23)25)27-29(30)28-17-9-14(12(2)3)7-8-21(17,5)31-29;/h11,14-18H,2,6-10H2,1,3-5H3,(H,22,24,25);1H2/t14-,15+,16-,17+,18+,21+,29-;/m0./s1. The maximum absolute atomic E-state index is 12.3. The molecule has 0 amide bonds. The highest BCUT2D eigenvalue weighted by atomic mass is 32.9. The maximum atomic E-state index is 12.3. The van der Waals surface area contributed by atoms with Crippen LogP contribution < -0.4 is 11.2 Å². The number of nitrogens with zero attached hydrogens (tertiary/aromatic N) is 1. The van der Waals surface area contributed by atoms with Crippen molar-refractivity contribution < 1.29 is 13.8 Å². The molecule has 0 aromatic carbocycles. The van der Waals surface area contributed by atoms with E-state index < -0.39 is 17.6 Å². The van der Waals surface area contributed by atoms with Gasteiger partial charge in [-0.1, -0.05) is 30.5 Å². The SMILES string of the molecule is C=C(C)[C@H]1CC[C@@]2(C)S[P@@](=S)(O[C@H]3C[C@H](n4cc(C)c(=O)[nH]c4=O)O[C@@H]3CC)O[C@@H]2C1.S. The summed E-state index contributed by atoms with van der Waals surface area (Å²) >= 11 is 7.65. The Morgan fingerprint density at radius 1 is 1.47 bits per heavy atom. The third-order valence-electron chi connectivity index (χ3n) is 6.75. The maximum Gasteiger partial charge on any atom is 0.330 e. The minimum absolute atomic E-state index is 0. The van der Waals surface area contributed by atoms with Crippen LogP contribution in [0.2, 0.25) is 0 Å². The second kappa shape index (κ2) is 9.72. The fraction of sp³-hybridized carbons (Fsp3) is 0.714. The van der Waals surface area contributed by atoms with Crippen LogP contribution in [-0.4, -0.2) is 32.6 Å². The van der Waals surface area contributed by atoms with Crippen LogP contribution in [0.25, 0.3) is 0 Å². The van der Waals surface area contributed by atoms with E-state index in [0.29, 0.717) is 17.9 Å². The van der Waals surface area contributed by atoms with Crippen molar-refractivity contribution in [2.75, 3.05) is 0 Å². The van der Waals surface area contributed by atoms with Gasteiger partial charge in [-0.2, -0.15) is 13.5 Å². The van der Waals surface area contributed by atoms with Gasteiger partial charge in [0.2, 0.25) is 5.69 Å².